The lowest BCUT2D eigenvalue weighted by molar-refractivity contribution is -0.141. The highest BCUT2D eigenvalue weighted by Gasteiger charge is 2.22. The topological polar surface area (TPSA) is 55.1 Å². The van der Waals surface area contributed by atoms with Crippen LogP contribution in [0.4, 0.5) is 0 Å². The van der Waals surface area contributed by atoms with Crippen LogP contribution in [-0.2, 0) is 11.8 Å². The van der Waals surface area contributed by atoms with E-state index in [0.717, 1.165) is 5.69 Å². The van der Waals surface area contributed by atoms with E-state index in [2.05, 4.69) is 5.10 Å². The number of aryl methyl sites for hydroxylation is 1. The first-order valence-corrected chi connectivity index (χ1v) is 4.24. The van der Waals surface area contributed by atoms with Crippen LogP contribution in [0.15, 0.2) is 12.3 Å². The number of carboxylic acids is 1. The SMILES string of the molecule is CC(C(=O)O)C(C)c1ccnn1C. The summed E-state index contributed by atoms with van der Waals surface area (Å²) in [6.45, 7) is 3.61. The van der Waals surface area contributed by atoms with Gasteiger partial charge in [-0.15, -0.1) is 0 Å². The van der Waals surface area contributed by atoms with Crippen molar-refractivity contribution in [2.45, 2.75) is 19.8 Å². The predicted molar refractivity (Wildman–Crippen MR) is 48.4 cm³/mol. The van der Waals surface area contributed by atoms with E-state index >= 15 is 0 Å². The van der Waals surface area contributed by atoms with Crippen LogP contribution in [-0.4, -0.2) is 20.9 Å². The van der Waals surface area contributed by atoms with Gasteiger partial charge >= 0.3 is 5.97 Å². The van der Waals surface area contributed by atoms with Gasteiger partial charge in [-0.1, -0.05) is 13.8 Å². The first-order chi connectivity index (χ1) is 6.04. The summed E-state index contributed by atoms with van der Waals surface area (Å²) in [5, 5.41) is 12.8. The Hall–Kier alpha value is -1.32. The number of carboxylic acid groups (broad SMARTS) is 1. The van der Waals surface area contributed by atoms with Crippen LogP contribution in [0, 0.1) is 5.92 Å². The molecule has 72 valence electrons. The number of aliphatic carboxylic acids is 1. The van der Waals surface area contributed by atoms with E-state index in [1.54, 1.807) is 17.8 Å². The lowest BCUT2D eigenvalue weighted by Gasteiger charge is -2.15. The minimum atomic E-state index is -0.770. The summed E-state index contributed by atoms with van der Waals surface area (Å²) in [6.07, 6.45) is 1.68. The maximum Gasteiger partial charge on any atom is 0.306 e. The van der Waals surface area contributed by atoms with E-state index in [1.165, 1.54) is 0 Å². The molecule has 0 aliphatic heterocycles. The van der Waals surface area contributed by atoms with Crippen molar-refractivity contribution >= 4 is 5.97 Å². The van der Waals surface area contributed by atoms with Crippen molar-refractivity contribution in [2.24, 2.45) is 13.0 Å². The molecule has 0 saturated carbocycles. The fourth-order valence-corrected chi connectivity index (χ4v) is 1.30. The molecule has 0 saturated heterocycles. The molecule has 4 nitrogen and oxygen atoms in total. The molecule has 0 radical (unpaired) electrons. The maximum absolute atomic E-state index is 10.7. The average molecular weight is 182 g/mol. The van der Waals surface area contributed by atoms with E-state index in [0.29, 0.717) is 0 Å². The highest BCUT2D eigenvalue weighted by atomic mass is 16.4. The van der Waals surface area contributed by atoms with Gasteiger partial charge in [-0.3, -0.25) is 9.48 Å². The fourth-order valence-electron chi connectivity index (χ4n) is 1.30. The first-order valence-electron chi connectivity index (χ1n) is 4.24. The van der Waals surface area contributed by atoms with Crippen molar-refractivity contribution in [2.75, 3.05) is 0 Å². The van der Waals surface area contributed by atoms with E-state index in [-0.39, 0.29) is 11.8 Å². The largest absolute Gasteiger partial charge is 0.481 e. The molecular formula is C9H14N2O2. The second-order valence-corrected chi connectivity index (χ2v) is 3.30. The zero-order valence-corrected chi connectivity index (χ0v) is 8.06. The van der Waals surface area contributed by atoms with Gasteiger partial charge in [-0.05, 0) is 6.07 Å². The van der Waals surface area contributed by atoms with E-state index in [1.807, 2.05) is 20.0 Å². The minimum absolute atomic E-state index is 0.00926. The molecule has 2 unspecified atom stereocenters. The van der Waals surface area contributed by atoms with Crippen molar-refractivity contribution in [3.8, 4) is 0 Å². The fraction of sp³-hybridized carbons (Fsp3) is 0.556. The summed E-state index contributed by atoms with van der Waals surface area (Å²) < 4.78 is 1.71. The van der Waals surface area contributed by atoms with Gasteiger partial charge in [0.05, 0.1) is 5.92 Å². The van der Waals surface area contributed by atoms with E-state index < -0.39 is 5.97 Å². The monoisotopic (exact) mass is 182 g/mol. The van der Waals surface area contributed by atoms with Crippen LogP contribution in [0.5, 0.6) is 0 Å². The predicted octanol–water partition coefficient (Wildman–Crippen LogP) is 1.24. The van der Waals surface area contributed by atoms with Crippen LogP contribution < -0.4 is 0 Å². The summed E-state index contributed by atoms with van der Waals surface area (Å²) >= 11 is 0. The molecule has 1 aromatic heterocycles. The lowest BCUT2D eigenvalue weighted by atomic mass is 9.93. The molecule has 1 aromatic rings. The summed E-state index contributed by atoms with van der Waals surface area (Å²) in [7, 11) is 1.82. The lowest BCUT2D eigenvalue weighted by Crippen LogP contribution is -2.18. The molecule has 0 amide bonds. The molecule has 0 aliphatic rings. The zero-order valence-electron chi connectivity index (χ0n) is 8.06. The molecular weight excluding hydrogens is 168 g/mol. The highest BCUT2D eigenvalue weighted by molar-refractivity contribution is 5.70. The molecule has 0 fully saturated rings. The van der Waals surface area contributed by atoms with Crippen LogP contribution in [0.3, 0.4) is 0 Å². The van der Waals surface area contributed by atoms with Crippen LogP contribution in [0.1, 0.15) is 25.5 Å². The van der Waals surface area contributed by atoms with Gasteiger partial charge in [0.25, 0.3) is 0 Å². The van der Waals surface area contributed by atoms with E-state index in [9.17, 15) is 4.79 Å². The Morgan fingerprint density at radius 2 is 2.23 bits per heavy atom. The third-order valence-corrected chi connectivity index (χ3v) is 2.46. The van der Waals surface area contributed by atoms with Gasteiger partial charge in [0, 0.05) is 24.9 Å². The highest BCUT2D eigenvalue weighted by Crippen LogP contribution is 2.23. The number of rotatable bonds is 3. The Kier molecular flexibility index (Phi) is 2.70. The standard InChI is InChI=1S/C9H14N2O2/c1-6(7(2)9(12)13)8-4-5-10-11(8)3/h4-7H,1-3H3,(H,12,13). The molecule has 1 heterocycles. The van der Waals surface area contributed by atoms with Gasteiger partial charge in [0.15, 0.2) is 0 Å². The Morgan fingerprint density at radius 1 is 1.62 bits per heavy atom. The quantitative estimate of drug-likeness (QED) is 0.765. The normalized spacial score (nSPS) is 15.3. The number of hydrogen-bond donors (Lipinski definition) is 1. The first kappa shape index (κ1) is 9.77. The second kappa shape index (κ2) is 3.60. The number of aromatic nitrogens is 2. The van der Waals surface area contributed by atoms with Crippen molar-refractivity contribution in [3.05, 3.63) is 18.0 Å². The summed E-state index contributed by atoms with van der Waals surface area (Å²) in [5.74, 6) is -1.16. The van der Waals surface area contributed by atoms with Crippen LogP contribution in [0.25, 0.3) is 0 Å². The van der Waals surface area contributed by atoms with Gasteiger partial charge in [0.1, 0.15) is 0 Å². The van der Waals surface area contributed by atoms with Gasteiger partial charge in [-0.25, -0.2) is 0 Å². The van der Waals surface area contributed by atoms with Crippen molar-refractivity contribution in [1.29, 1.82) is 0 Å². The minimum Gasteiger partial charge on any atom is -0.481 e. The Bertz CT molecular complexity index is 306. The second-order valence-electron chi connectivity index (χ2n) is 3.30. The third-order valence-electron chi connectivity index (χ3n) is 2.46. The molecule has 0 aromatic carbocycles. The smallest absolute Gasteiger partial charge is 0.306 e. The molecule has 0 aliphatic carbocycles. The van der Waals surface area contributed by atoms with E-state index in [4.69, 9.17) is 5.11 Å². The Morgan fingerprint density at radius 3 is 2.62 bits per heavy atom. The molecule has 4 heteroatoms. The molecule has 13 heavy (non-hydrogen) atoms. The van der Waals surface area contributed by atoms with Gasteiger partial charge < -0.3 is 5.11 Å². The Labute approximate surface area is 77.2 Å². The molecule has 1 N–H and O–H groups in total. The molecule has 0 spiro atoms. The van der Waals surface area contributed by atoms with Gasteiger partial charge in [-0.2, -0.15) is 5.10 Å². The summed E-state index contributed by atoms with van der Waals surface area (Å²) in [4.78, 5) is 10.7. The number of carbonyl (C=O) groups is 1. The number of nitrogens with zero attached hydrogens (tertiary/aromatic N) is 2. The van der Waals surface area contributed by atoms with Crippen LogP contribution in [0.2, 0.25) is 0 Å². The van der Waals surface area contributed by atoms with Crippen molar-refractivity contribution in [1.82, 2.24) is 9.78 Å². The third kappa shape index (κ3) is 1.88. The molecule has 1 rings (SSSR count). The summed E-state index contributed by atoms with van der Waals surface area (Å²) in [6, 6.07) is 1.85. The average Bonchev–Trinajstić information content (AvgIpc) is 2.48. The van der Waals surface area contributed by atoms with Crippen molar-refractivity contribution in [3.63, 3.8) is 0 Å². The summed E-state index contributed by atoms with van der Waals surface area (Å²) in [5.41, 5.74) is 0.954. The maximum atomic E-state index is 10.7. The molecule has 2 atom stereocenters. The molecule has 0 bridgehead atoms. The zero-order chi connectivity index (χ0) is 10.0. The van der Waals surface area contributed by atoms with Gasteiger partial charge in [0.2, 0.25) is 0 Å². The van der Waals surface area contributed by atoms with Crippen LogP contribution >= 0.6 is 0 Å². The number of hydrogen-bond acceptors (Lipinski definition) is 2. The van der Waals surface area contributed by atoms with Crippen molar-refractivity contribution < 1.29 is 9.90 Å². The Balaban J connectivity index is 2.85.